The molecule has 12 heavy (non-hydrogen) atoms. The van der Waals surface area contributed by atoms with Crippen molar-refractivity contribution in [2.45, 2.75) is 19.3 Å². The van der Waals surface area contributed by atoms with E-state index in [0.29, 0.717) is 6.61 Å². The molecule has 0 saturated heterocycles. The lowest BCUT2D eigenvalue weighted by molar-refractivity contribution is 0.222. The fourth-order valence-corrected chi connectivity index (χ4v) is 0.998. The molecule has 0 fully saturated rings. The van der Waals surface area contributed by atoms with E-state index in [1.54, 1.807) is 7.11 Å². The van der Waals surface area contributed by atoms with Gasteiger partial charge in [-0.25, -0.2) is 0 Å². The van der Waals surface area contributed by atoms with Crippen LogP contribution in [-0.4, -0.2) is 20.3 Å². The van der Waals surface area contributed by atoms with Gasteiger partial charge in [-0.15, -0.1) is 6.58 Å². The minimum atomic E-state index is 0.716. The highest BCUT2D eigenvalue weighted by atomic mass is 16.5. The van der Waals surface area contributed by atoms with Crippen LogP contribution in [0, 0.1) is 0 Å². The Morgan fingerprint density at radius 2 is 2.33 bits per heavy atom. The van der Waals surface area contributed by atoms with E-state index in [1.807, 2.05) is 6.08 Å². The highest BCUT2D eigenvalue weighted by Crippen LogP contribution is 2.06. The molecule has 0 unspecified atom stereocenters. The maximum absolute atomic E-state index is 5.41. The second-order valence-electron chi connectivity index (χ2n) is 2.71. The largest absolute Gasteiger partial charge is 0.380 e. The number of hydrogen-bond acceptors (Lipinski definition) is 2. The van der Waals surface area contributed by atoms with Crippen LogP contribution < -0.4 is 5.73 Å². The molecule has 0 radical (unpaired) electrons. The van der Waals surface area contributed by atoms with Gasteiger partial charge in [-0.1, -0.05) is 12.2 Å². The van der Waals surface area contributed by atoms with E-state index in [-0.39, 0.29) is 0 Å². The number of rotatable bonds is 7. The summed E-state index contributed by atoms with van der Waals surface area (Å²) in [5, 5.41) is 0. The summed E-state index contributed by atoms with van der Waals surface area (Å²) in [5.41, 5.74) is 6.74. The molecule has 0 aromatic rings. The van der Waals surface area contributed by atoms with Gasteiger partial charge >= 0.3 is 0 Å². The minimum absolute atomic E-state index is 0.716. The van der Waals surface area contributed by atoms with E-state index in [1.165, 1.54) is 5.57 Å². The van der Waals surface area contributed by atoms with Gasteiger partial charge in [-0.2, -0.15) is 0 Å². The van der Waals surface area contributed by atoms with E-state index in [4.69, 9.17) is 10.5 Å². The average molecular weight is 169 g/mol. The Labute approximate surface area is 75.1 Å². The van der Waals surface area contributed by atoms with E-state index in [9.17, 15) is 0 Å². The van der Waals surface area contributed by atoms with Crippen molar-refractivity contribution in [2.24, 2.45) is 5.73 Å². The van der Waals surface area contributed by atoms with Crippen LogP contribution in [0.1, 0.15) is 19.3 Å². The van der Waals surface area contributed by atoms with Crippen molar-refractivity contribution in [3.63, 3.8) is 0 Å². The molecule has 2 heteroatoms. The van der Waals surface area contributed by atoms with Crippen LogP contribution >= 0.6 is 0 Å². The van der Waals surface area contributed by atoms with E-state index in [2.05, 4.69) is 12.7 Å². The SMILES string of the molecule is C=CC/C=C(\CCCN)COC. The fourth-order valence-electron chi connectivity index (χ4n) is 0.998. The third-order valence-electron chi connectivity index (χ3n) is 1.60. The molecule has 70 valence electrons. The summed E-state index contributed by atoms with van der Waals surface area (Å²) < 4.78 is 5.05. The molecule has 0 aliphatic heterocycles. The third-order valence-corrected chi connectivity index (χ3v) is 1.60. The number of ether oxygens (including phenoxy) is 1. The van der Waals surface area contributed by atoms with Gasteiger partial charge in [0.25, 0.3) is 0 Å². The van der Waals surface area contributed by atoms with Crippen molar-refractivity contribution in [1.82, 2.24) is 0 Å². The predicted octanol–water partition coefficient (Wildman–Crippen LogP) is 1.87. The Kier molecular flexibility index (Phi) is 8.07. The van der Waals surface area contributed by atoms with Crippen LogP contribution in [0.2, 0.25) is 0 Å². The molecule has 0 bridgehead atoms. The van der Waals surface area contributed by atoms with E-state index in [0.717, 1.165) is 25.8 Å². The van der Waals surface area contributed by atoms with Gasteiger partial charge in [0.15, 0.2) is 0 Å². The molecule has 0 rings (SSSR count). The van der Waals surface area contributed by atoms with Gasteiger partial charge in [0.2, 0.25) is 0 Å². The molecule has 0 amide bonds. The van der Waals surface area contributed by atoms with Crippen LogP contribution in [0.5, 0.6) is 0 Å². The Balaban J connectivity index is 3.75. The summed E-state index contributed by atoms with van der Waals surface area (Å²) in [4.78, 5) is 0. The molecule has 0 atom stereocenters. The first kappa shape index (κ1) is 11.4. The van der Waals surface area contributed by atoms with Gasteiger partial charge < -0.3 is 10.5 Å². The standard InChI is InChI=1S/C10H19NO/c1-3-4-6-10(9-12-2)7-5-8-11/h3,6H,1,4-5,7-9,11H2,2H3/b10-6+. The Bertz CT molecular complexity index is 141. The maximum atomic E-state index is 5.41. The maximum Gasteiger partial charge on any atom is 0.0673 e. The second-order valence-corrected chi connectivity index (χ2v) is 2.71. The molecule has 2 N–H and O–H groups in total. The lowest BCUT2D eigenvalue weighted by Gasteiger charge is -2.04. The van der Waals surface area contributed by atoms with Crippen LogP contribution in [0.3, 0.4) is 0 Å². The van der Waals surface area contributed by atoms with E-state index >= 15 is 0 Å². The van der Waals surface area contributed by atoms with Crippen LogP contribution in [0.4, 0.5) is 0 Å². The van der Waals surface area contributed by atoms with Crippen LogP contribution in [0.15, 0.2) is 24.3 Å². The van der Waals surface area contributed by atoms with Crippen molar-refractivity contribution in [2.75, 3.05) is 20.3 Å². The molecule has 0 aromatic carbocycles. The molecule has 0 saturated carbocycles. The predicted molar refractivity (Wildman–Crippen MR) is 53.1 cm³/mol. The first-order valence-electron chi connectivity index (χ1n) is 4.33. The molecule has 0 aromatic heterocycles. The van der Waals surface area contributed by atoms with Crippen LogP contribution in [-0.2, 0) is 4.74 Å². The summed E-state index contributed by atoms with van der Waals surface area (Å²) in [6, 6.07) is 0. The first-order chi connectivity index (χ1) is 5.85. The summed E-state index contributed by atoms with van der Waals surface area (Å²) in [7, 11) is 1.71. The highest BCUT2D eigenvalue weighted by Gasteiger charge is 1.94. The second kappa shape index (κ2) is 8.50. The zero-order valence-corrected chi connectivity index (χ0v) is 7.88. The fraction of sp³-hybridized carbons (Fsp3) is 0.600. The van der Waals surface area contributed by atoms with Gasteiger partial charge in [0.05, 0.1) is 6.61 Å². The summed E-state index contributed by atoms with van der Waals surface area (Å²) >= 11 is 0. The van der Waals surface area contributed by atoms with Gasteiger partial charge in [0.1, 0.15) is 0 Å². The zero-order chi connectivity index (χ0) is 9.23. The lowest BCUT2D eigenvalue weighted by atomic mass is 10.1. The summed E-state index contributed by atoms with van der Waals surface area (Å²) in [5.74, 6) is 0. The van der Waals surface area contributed by atoms with Crippen molar-refractivity contribution in [1.29, 1.82) is 0 Å². The summed E-state index contributed by atoms with van der Waals surface area (Å²) in [6.45, 7) is 5.12. The Morgan fingerprint density at radius 3 is 2.83 bits per heavy atom. The molecule has 0 aliphatic carbocycles. The average Bonchev–Trinajstić information content (AvgIpc) is 2.10. The lowest BCUT2D eigenvalue weighted by Crippen LogP contribution is -2.01. The smallest absolute Gasteiger partial charge is 0.0673 e. The Morgan fingerprint density at radius 1 is 1.58 bits per heavy atom. The molecular weight excluding hydrogens is 150 g/mol. The molecule has 0 heterocycles. The van der Waals surface area contributed by atoms with Crippen molar-refractivity contribution in [3.05, 3.63) is 24.3 Å². The molecule has 0 spiro atoms. The van der Waals surface area contributed by atoms with Gasteiger partial charge in [-0.05, 0) is 31.4 Å². The first-order valence-corrected chi connectivity index (χ1v) is 4.33. The normalized spacial score (nSPS) is 11.7. The van der Waals surface area contributed by atoms with Crippen LogP contribution in [0.25, 0.3) is 0 Å². The quantitative estimate of drug-likeness (QED) is 0.590. The topological polar surface area (TPSA) is 35.2 Å². The highest BCUT2D eigenvalue weighted by molar-refractivity contribution is 5.04. The number of nitrogens with two attached hydrogens (primary N) is 1. The third kappa shape index (κ3) is 6.13. The van der Waals surface area contributed by atoms with Crippen molar-refractivity contribution >= 4 is 0 Å². The van der Waals surface area contributed by atoms with E-state index < -0.39 is 0 Å². The zero-order valence-electron chi connectivity index (χ0n) is 7.88. The van der Waals surface area contributed by atoms with Gasteiger partial charge in [-0.3, -0.25) is 0 Å². The number of methoxy groups -OCH3 is 1. The van der Waals surface area contributed by atoms with Crippen molar-refractivity contribution < 1.29 is 4.74 Å². The minimum Gasteiger partial charge on any atom is -0.380 e. The monoisotopic (exact) mass is 169 g/mol. The van der Waals surface area contributed by atoms with Gasteiger partial charge in [0, 0.05) is 7.11 Å². The molecule has 0 aliphatic rings. The number of allylic oxidation sites excluding steroid dienone is 2. The number of hydrogen-bond donors (Lipinski definition) is 1. The summed E-state index contributed by atoms with van der Waals surface area (Å²) in [6.07, 6.45) is 7.04. The Hall–Kier alpha value is -0.600. The van der Waals surface area contributed by atoms with Crippen molar-refractivity contribution in [3.8, 4) is 0 Å². The molecular formula is C10H19NO. The molecule has 2 nitrogen and oxygen atoms in total.